The van der Waals surface area contributed by atoms with Crippen molar-refractivity contribution in [1.82, 2.24) is 25.1 Å². The number of benzene rings is 2. The zero-order valence-corrected chi connectivity index (χ0v) is 16.2. The summed E-state index contributed by atoms with van der Waals surface area (Å²) < 4.78 is 1.68. The van der Waals surface area contributed by atoms with Crippen molar-refractivity contribution in [2.24, 2.45) is 0 Å². The Morgan fingerprint density at radius 3 is 2.63 bits per heavy atom. The molecule has 0 fully saturated rings. The lowest BCUT2D eigenvalue weighted by Crippen LogP contribution is -2.40. The Morgan fingerprint density at radius 2 is 1.85 bits per heavy atom. The van der Waals surface area contributed by atoms with Gasteiger partial charge in [-0.3, -0.25) is 4.79 Å². The lowest BCUT2D eigenvalue weighted by atomic mass is 10.00. The first-order valence-corrected chi connectivity index (χ1v) is 9.87. The third-order valence-electron chi connectivity index (χ3n) is 4.79. The second-order valence-electron chi connectivity index (χ2n) is 6.75. The van der Waals surface area contributed by atoms with Crippen LogP contribution in [0.2, 0.25) is 0 Å². The molecule has 0 N–H and O–H groups in total. The van der Waals surface area contributed by atoms with Crippen LogP contribution >= 0.6 is 11.8 Å². The number of fused-ring (bicyclic) bond motifs is 1. The van der Waals surface area contributed by atoms with E-state index in [2.05, 4.69) is 33.7 Å². The number of amides is 1. The van der Waals surface area contributed by atoms with Gasteiger partial charge in [-0.25, -0.2) is 0 Å². The lowest BCUT2D eigenvalue weighted by molar-refractivity contribution is -0.131. The molecule has 2 heterocycles. The van der Waals surface area contributed by atoms with Crippen molar-refractivity contribution in [1.29, 1.82) is 0 Å². The first kappa shape index (κ1) is 17.7. The van der Waals surface area contributed by atoms with Gasteiger partial charge in [0.2, 0.25) is 11.1 Å². The van der Waals surface area contributed by atoms with Gasteiger partial charge >= 0.3 is 0 Å². The summed E-state index contributed by atoms with van der Waals surface area (Å²) in [4.78, 5) is 14.9. The molecule has 0 unspecified atom stereocenters. The molecule has 2 aromatic carbocycles. The van der Waals surface area contributed by atoms with E-state index in [1.807, 2.05) is 49.1 Å². The summed E-state index contributed by atoms with van der Waals surface area (Å²) in [5, 5.41) is 12.3. The number of carbonyl (C=O) groups excluding carboxylic acids is 1. The standard InChI is InChI=1S/C20H21N5OS/c1-14-7-9-18(10-8-14)25-20(21-22-23-25)27-15(2)19(26)24-12-11-16-5-3-4-6-17(16)13-24/h3-10,15H,11-13H2,1-2H3/t15-/m0/s1. The van der Waals surface area contributed by atoms with Gasteiger partial charge in [-0.1, -0.05) is 53.7 Å². The zero-order valence-electron chi connectivity index (χ0n) is 15.4. The van der Waals surface area contributed by atoms with Crippen molar-refractivity contribution in [2.75, 3.05) is 6.54 Å². The monoisotopic (exact) mass is 379 g/mol. The zero-order chi connectivity index (χ0) is 18.8. The van der Waals surface area contributed by atoms with Crippen LogP contribution in [0.3, 0.4) is 0 Å². The molecule has 0 spiro atoms. The Kier molecular flexibility index (Phi) is 4.94. The van der Waals surface area contributed by atoms with Crippen LogP contribution in [-0.4, -0.2) is 42.8 Å². The molecule has 6 nitrogen and oxygen atoms in total. The van der Waals surface area contributed by atoms with Crippen molar-refractivity contribution in [3.8, 4) is 5.69 Å². The molecule has 1 aromatic heterocycles. The maximum atomic E-state index is 13.0. The van der Waals surface area contributed by atoms with Crippen LogP contribution in [0, 0.1) is 6.92 Å². The van der Waals surface area contributed by atoms with Crippen molar-refractivity contribution in [3.63, 3.8) is 0 Å². The molecule has 0 saturated heterocycles. The molecule has 7 heteroatoms. The van der Waals surface area contributed by atoms with E-state index in [-0.39, 0.29) is 11.2 Å². The van der Waals surface area contributed by atoms with Crippen LogP contribution in [0.4, 0.5) is 0 Å². The van der Waals surface area contributed by atoms with Crippen LogP contribution in [0.1, 0.15) is 23.6 Å². The summed E-state index contributed by atoms with van der Waals surface area (Å²) in [5.41, 5.74) is 4.64. The maximum Gasteiger partial charge on any atom is 0.236 e. The first-order valence-electron chi connectivity index (χ1n) is 8.99. The maximum absolute atomic E-state index is 13.0. The highest BCUT2D eigenvalue weighted by Crippen LogP contribution is 2.26. The predicted molar refractivity (Wildman–Crippen MR) is 105 cm³/mol. The molecule has 1 aliphatic rings. The van der Waals surface area contributed by atoms with E-state index >= 15 is 0 Å². The van der Waals surface area contributed by atoms with Gasteiger partial charge < -0.3 is 4.90 Å². The summed E-state index contributed by atoms with van der Waals surface area (Å²) in [6, 6.07) is 16.3. The van der Waals surface area contributed by atoms with Crippen LogP contribution in [0.5, 0.6) is 0 Å². The van der Waals surface area contributed by atoms with Gasteiger partial charge in [-0.2, -0.15) is 4.68 Å². The fraction of sp³-hybridized carbons (Fsp3) is 0.300. The van der Waals surface area contributed by atoms with Gasteiger partial charge in [0, 0.05) is 13.1 Å². The molecule has 1 atom stereocenters. The number of nitrogens with zero attached hydrogens (tertiary/aromatic N) is 5. The van der Waals surface area contributed by atoms with Crippen LogP contribution in [-0.2, 0) is 17.8 Å². The van der Waals surface area contributed by atoms with Gasteiger partial charge in [-0.15, -0.1) is 5.10 Å². The molecular weight excluding hydrogens is 358 g/mol. The normalized spacial score (nSPS) is 14.7. The Bertz CT molecular complexity index is 953. The predicted octanol–water partition coefficient (Wildman–Crippen LogP) is 3.04. The summed E-state index contributed by atoms with van der Waals surface area (Å²) in [6.07, 6.45) is 0.903. The smallest absolute Gasteiger partial charge is 0.236 e. The van der Waals surface area contributed by atoms with Crippen LogP contribution < -0.4 is 0 Å². The molecule has 0 bridgehead atoms. The molecule has 1 aliphatic heterocycles. The molecule has 138 valence electrons. The molecule has 0 saturated carbocycles. The topological polar surface area (TPSA) is 63.9 Å². The molecule has 0 aliphatic carbocycles. The number of hydrogen-bond acceptors (Lipinski definition) is 5. The number of thioether (sulfide) groups is 1. The summed E-state index contributed by atoms with van der Waals surface area (Å²) >= 11 is 1.39. The molecule has 3 aromatic rings. The Hall–Kier alpha value is -2.67. The van der Waals surface area contributed by atoms with Crippen LogP contribution in [0.25, 0.3) is 5.69 Å². The number of tetrazole rings is 1. The van der Waals surface area contributed by atoms with Crippen LogP contribution in [0.15, 0.2) is 53.7 Å². The fourth-order valence-corrected chi connectivity index (χ4v) is 4.14. The highest BCUT2D eigenvalue weighted by Gasteiger charge is 2.26. The first-order chi connectivity index (χ1) is 13.1. The van der Waals surface area contributed by atoms with Gasteiger partial charge in [0.15, 0.2) is 0 Å². The average Bonchev–Trinajstić information content (AvgIpc) is 3.15. The molecule has 4 rings (SSSR count). The minimum absolute atomic E-state index is 0.118. The van der Waals surface area contributed by atoms with Gasteiger partial charge in [-0.05, 0) is 54.0 Å². The van der Waals surface area contributed by atoms with Gasteiger partial charge in [0.1, 0.15) is 0 Å². The number of aromatic nitrogens is 4. The van der Waals surface area contributed by atoms with E-state index in [4.69, 9.17) is 0 Å². The third-order valence-corrected chi connectivity index (χ3v) is 5.81. The largest absolute Gasteiger partial charge is 0.337 e. The molecule has 0 radical (unpaired) electrons. The van der Waals surface area contributed by atoms with Crippen molar-refractivity contribution in [2.45, 2.75) is 37.2 Å². The second-order valence-corrected chi connectivity index (χ2v) is 8.06. The number of aryl methyl sites for hydroxylation is 1. The SMILES string of the molecule is Cc1ccc(-n2nnnc2S[C@@H](C)C(=O)N2CCc3ccccc3C2)cc1. The number of carbonyl (C=O) groups is 1. The summed E-state index contributed by atoms with van der Waals surface area (Å²) in [7, 11) is 0. The Balaban J connectivity index is 1.47. The minimum atomic E-state index is -0.259. The molecule has 27 heavy (non-hydrogen) atoms. The van der Waals surface area contributed by atoms with E-state index < -0.39 is 0 Å². The van der Waals surface area contributed by atoms with E-state index in [0.29, 0.717) is 11.7 Å². The molecule has 1 amide bonds. The average molecular weight is 379 g/mol. The highest BCUT2D eigenvalue weighted by atomic mass is 32.2. The van der Waals surface area contributed by atoms with Gasteiger partial charge in [0.25, 0.3) is 0 Å². The van der Waals surface area contributed by atoms with E-state index in [0.717, 1.165) is 18.7 Å². The Morgan fingerprint density at radius 1 is 1.11 bits per heavy atom. The van der Waals surface area contributed by atoms with E-state index in [1.165, 1.54) is 28.5 Å². The number of hydrogen-bond donors (Lipinski definition) is 0. The molecular formula is C20H21N5OS. The lowest BCUT2D eigenvalue weighted by Gasteiger charge is -2.30. The van der Waals surface area contributed by atoms with E-state index in [1.54, 1.807) is 4.68 Å². The van der Waals surface area contributed by atoms with Gasteiger partial charge in [0.05, 0.1) is 10.9 Å². The Labute approximate surface area is 162 Å². The summed E-state index contributed by atoms with van der Waals surface area (Å²) in [5.74, 6) is 0.118. The van der Waals surface area contributed by atoms with Crippen molar-refractivity contribution < 1.29 is 4.79 Å². The fourth-order valence-electron chi connectivity index (χ4n) is 3.25. The second kappa shape index (κ2) is 7.52. The summed E-state index contributed by atoms with van der Waals surface area (Å²) in [6.45, 7) is 5.38. The number of rotatable bonds is 4. The quantitative estimate of drug-likeness (QED) is 0.652. The van der Waals surface area contributed by atoms with Crippen molar-refractivity contribution >= 4 is 17.7 Å². The van der Waals surface area contributed by atoms with E-state index in [9.17, 15) is 4.79 Å². The van der Waals surface area contributed by atoms with Crippen molar-refractivity contribution in [3.05, 3.63) is 65.2 Å². The third kappa shape index (κ3) is 3.73. The highest BCUT2D eigenvalue weighted by molar-refractivity contribution is 8.00. The minimum Gasteiger partial charge on any atom is -0.337 e.